The van der Waals surface area contributed by atoms with Crippen molar-refractivity contribution in [1.82, 2.24) is 15.1 Å². The average Bonchev–Trinajstić information content (AvgIpc) is 2.69. The summed E-state index contributed by atoms with van der Waals surface area (Å²) in [5, 5.41) is 3.15. The van der Waals surface area contributed by atoms with Crippen LogP contribution in [0.4, 0.5) is 5.69 Å². The van der Waals surface area contributed by atoms with Crippen LogP contribution in [0.2, 0.25) is 0 Å². The highest BCUT2D eigenvalue weighted by Gasteiger charge is 2.24. The zero-order valence-electron chi connectivity index (χ0n) is 16.9. The lowest BCUT2D eigenvalue weighted by atomic mass is 10.0. The van der Waals surface area contributed by atoms with Crippen molar-refractivity contribution in [2.24, 2.45) is 0 Å². The molecule has 5 nitrogen and oxygen atoms in total. The Morgan fingerprint density at radius 1 is 1.11 bits per heavy atom. The van der Waals surface area contributed by atoms with Gasteiger partial charge in [-0.3, -0.25) is 9.69 Å². The van der Waals surface area contributed by atoms with E-state index in [-0.39, 0.29) is 11.9 Å². The molecule has 1 atom stereocenters. The van der Waals surface area contributed by atoms with Crippen LogP contribution in [0, 0.1) is 0 Å². The van der Waals surface area contributed by atoms with Gasteiger partial charge in [0.1, 0.15) is 0 Å². The number of nitrogens with one attached hydrogen (secondary N) is 1. The van der Waals surface area contributed by atoms with Crippen LogP contribution in [0.3, 0.4) is 0 Å². The Morgan fingerprint density at radius 2 is 1.79 bits per heavy atom. The largest absolute Gasteiger partial charge is 0.378 e. The van der Waals surface area contributed by atoms with E-state index in [9.17, 15) is 4.79 Å². The highest BCUT2D eigenvalue weighted by Crippen LogP contribution is 2.24. The first kappa shape index (κ1) is 20.8. The van der Waals surface area contributed by atoms with Crippen molar-refractivity contribution in [1.29, 1.82) is 0 Å². The third-order valence-electron chi connectivity index (χ3n) is 5.32. The van der Waals surface area contributed by atoms with E-state index in [0.29, 0.717) is 12.1 Å². The number of halogens is 1. The Balaban J connectivity index is 1.75. The maximum Gasteiger partial charge on any atom is 0.251 e. The molecule has 0 unspecified atom stereocenters. The summed E-state index contributed by atoms with van der Waals surface area (Å²) in [4.78, 5) is 19.6. The normalized spacial score (nSPS) is 16.6. The van der Waals surface area contributed by atoms with Gasteiger partial charge in [-0.15, -0.1) is 0 Å². The van der Waals surface area contributed by atoms with Gasteiger partial charge in [0.2, 0.25) is 0 Å². The molecule has 1 fully saturated rings. The smallest absolute Gasteiger partial charge is 0.251 e. The number of rotatable bonds is 6. The monoisotopic (exact) mass is 444 g/mol. The standard InChI is InChI=1S/C22H29BrN4O/c1-25(2)20-9-7-17(8-10-20)21(27-13-11-26(3)12-14-27)16-24-22(28)18-5-4-6-19(23)15-18/h4-10,15,21H,11-14,16H2,1-3H3,(H,24,28)/t21-/m1/s1. The lowest BCUT2D eigenvalue weighted by molar-refractivity contribution is 0.0886. The average molecular weight is 445 g/mol. The summed E-state index contributed by atoms with van der Waals surface area (Å²) in [5.74, 6) is -0.0367. The molecular formula is C22H29BrN4O. The van der Waals surface area contributed by atoms with Gasteiger partial charge in [0.25, 0.3) is 5.91 Å². The summed E-state index contributed by atoms with van der Waals surface area (Å²) < 4.78 is 0.912. The molecule has 0 aliphatic carbocycles. The van der Waals surface area contributed by atoms with E-state index in [0.717, 1.165) is 30.7 Å². The van der Waals surface area contributed by atoms with Gasteiger partial charge in [0, 0.05) is 62.5 Å². The van der Waals surface area contributed by atoms with E-state index in [2.05, 4.69) is 67.3 Å². The first-order chi connectivity index (χ1) is 13.4. The number of hydrogen-bond donors (Lipinski definition) is 1. The molecule has 3 rings (SSSR count). The van der Waals surface area contributed by atoms with Crippen molar-refractivity contribution >= 4 is 27.5 Å². The van der Waals surface area contributed by atoms with E-state index in [1.165, 1.54) is 11.3 Å². The molecule has 0 spiro atoms. The number of carbonyl (C=O) groups is 1. The van der Waals surface area contributed by atoms with Crippen LogP contribution in [-0.2, 0) is 0 Å². The molecule has 28 heavy (non-hydrogen) atoms. The number of amides is 1. The van der Waals surface area contributed by atoms with Crippen LogP contribution in [-0.4, -0.2) is 69.6 Å². The van der Waals surface area contributed by atoms with E-state index in [4.69, 9.17) is 0 Å². The van der Waals surface area contributed by atoms with Crippen molar-refractivity contribution in [2.75, 3.05) is 58.8 Å². The molecule has 1 aliphatic heterocycles. The fourth-order valence-corrected chi connectivity index (χ4v) is 3.91. The SMILES string of the molecule is CN1CCN([C@H](CNC(=O)c2cccc(Br)c2)c2ccc(N(C)C)cc2)CC1. The molecule has 2 aromatic rings. The van der Waals surface area contributed by atoms with Gasteiger partial charge in [-0.1, -0.05) is 34.1 Å². The van der Waals surface area contributed by atoms with Crippen LogP contribution < -0.4 is 10.2 Å². The van der Waals surface area contributed by atoms with Crippen LogP contribution in [0.15, 0.2) is 53.0 Å². The number of likely N-dealkylation sites (N-methyl/N-ethyl adjacent to an activating group) is 1. The molecule has 1 N–H and O–H groups in total. The molecule has 150 valence electrons. The maximum absolute atomic E-state index is 12.6. The number of piperazine rings is 1. The number of anilines is 1. The van der Waals surface area contributed by atoms with Gasteiger partial charge in [-0.2, -0.15) is 0 Å². The first-order valence-electron chi connectivity index (χ1n) is 9.67. The molecule has 0 radical (unpaired) electrons. The van der Waals surface area contributed by atoms with Crippen molar-refractivity contribution < 1.29 is 4.79 Å². The molecule has 1 heterocycles. The zero-order chi connectivity index (χ0) is 20.1. The summed E-state index contributed by atoms with van der Waals surface area (Å²) in [6.45, 7) is 4.70. The molecule has 2 aromatic carbocycles. The number of benzene rings is 2. The number of carbonyl (C=O) groups excluding carboxylic acids is 1. The first-order valence-corrected chi connectivity index (χ1v) is 10.5. The summed E-state index contributed by atoms with van der Waals surface area (Å²) in [6.07, 6.45) is 0. The summed E-state index contributed by atoms with van der Waals surface area (Å²) in [5.41, 5.74) is 3.10. The van der Waals surface area contributed by atoms with E-state index in [1.54, 1.807) is 0 Å². The quantitative estimate of drug-likeness (QED) is 0.741. The van der Waals surface area contributed by atoms with Gasteiger partial charge >= 0.3 is 0 Å². The highest BCUT2D eigenvalue weighted by atomic mass is 79.9. The van der Waals surface area contributed by atoms with Gasteiger partial charge < -0.3 is 15.1 Å². The van der Waals surface area contributed by atoms with Crippen LogP contribution >= 0.6 is 15.9 Å². The van der Waals surface area contributed by atoms with Crippen LogP contribution in [0.1, 0.15) is 22.0 Å². The second-order valence-corrected chi connectivity index (χ2v) is 8.48. The fraction of sp³-hybridized carbons (Fsp3) is 0.409. The van der Waals surface area contributed by atoms with Crippen LogP contribution in [0.5, 0.6) is 0 Å². The van der Waals surface area contributed by atoms with Crippen molar-refractivity contribution in [3.8, 4) is 0 Å². The minimum atomic E-state index is -0.0367. The molecule has 0 bridgehead atoms. The highest BCUT2D eigenvalue weighted by molar-refractivity contribution is 9.10. The second-order valence-electron chi connectivity index (χ2n) is 7.56. The summed E-state index contributed by atoms with van der Waals surface area (Å²) >= 11 is 3.44. The molecule has 1 aliphatic rings. The van der Waals surface area contributed by atoms with Gasteiger partial charge in [0.05, 0.1) is 6.04 Å². The molecule has 1 amide bonds. The minimum Gasteiger partial charge on any atom is -0.378 e. The predicted molar refractivity (Wildman–Crippen MR) is 119 cm³/mol. The van der Waals surface area contributed by atoms with E-state index < -0.39 is 0 Å². The van der Waals surface area contributed by atoms with Gasteiger partial charge in [-0.25, -0.2) is 0 Å². The van der Waals surface area contributed by atoms with Crippen molar-refractivity contribution in [3.63, 3.8) is 0 Å². The Bertz CT molecular complexity index is 785. The van der Waals surface area contributed by atoms with E-state index >= 15 is 0 Å². The predicted octanol–water partition coefficient (Wildman–Crippen LogP) is 3.23. The number of nitrogens with zero attached hydrogens (tertiary/aromatic N) is 3. The zero-order valence-corrected chi connectivity index (χ0v) is 18.4. The molecular weight excluding hydrogens is 416 g/mol. The lowest BCUT2D eigenvalue weighted by Gasteiger charge is -2.38. The maximum atomic E-state index is 12.6. The Morgan fingerprint density at radius 3 is 2.39 bits per heavy atom. The summed E-state index contributed by atoms with van der Waals surface area (Å²) in [7, 11) is 6.25. The Kier molecular flexibility index (Phi) is 7.10. The molecule has 1 saturated heterocycles. The number of hydrogen-bond acceptors (Lipinski definition) is 4. The van der Waals surface area contributed by atoms with E-state index in [1.807, 2.05) is 38.4 Å². The third-order valence-corrected chi connectivity index (χ3v) is 5.81. The fourth-order valence-electron chi connectivity index (χ4n) is 3.51. The van der Waals surface area contributed by atoms with Crippen LogP contribution in [0.25, 0.3) is 0 Å². The van der Waals surface area contributed by atoms with Crippen molar-refractivity contribution in [3.05, 3.63) is 64.1 Å². The molecule has 0 saturated carbocycles. The van der Waals surface area contributed by atoms with Crippen molar-refractivity contribution in [2.45, 2.75) is 6.04 Å². The lowest BCUT2D eigenvalue weighted by Crippen LogP contribution is -2.48. The molecule has 0 aromatic heterocycles. The topological polar surface area (TPSA) is 38.8 Å². The third kappa shape index (κ3) is 5.34. The van der Waals surface area contributed by atoms with Gasteiger partial charge in [-0.05, 0) is 42.9 Å². The Labute approximate surface area is 176 Å². The second kappa shape index (κ2) is 9.54. The molecule has 6 heteroatoms. The summed E-state index contributed by atoms with van der Waals surface area (Å²) in [6, 6.07) is 16.3. The van der Waals surface area contributed by atoms with Gasteiger partial charge in [0.15, 0.2) is 0 Å². The Hall–Kier alpha value is -1.89. The minimum absolute atomic E-state index is 0.0367.